The Bertz CT molecular complexity index is 650. The van der Waals surface area contributed by atoms with Crippen LogP contribution in [0.2, 0.25) is 5.02 Å². The van der Waals surface area contributed by atoms with E-state index in [2.05, 4.69) is 16.0 Å². The van der Waals surface area contributed by atoms with Gasteiger partial charge in [0.05, 0.1) is 5.69 Å². The van der Waals surface area contributed by atoms with E-state index in [-0.39, 0.29) is 5.84 Å². The lowest BCUT2D eigenvalue weighted by molar-refractivity contribution is 1.12. The first-order valence-electron chi connectivity index (χ1n) is 6.11. The molecule has 0 atom stereocenters. The highest BCUT2D eigenvalue weighted by Crippen LogP contribution is 2.43. The zero-order chi connectivity index (χ0) is 13.4. The lowest BCUT2D eigenvalue weighted by Gasteiger charge is -2.06. The number of nitrogen functional groups attached to an aromatic ring is 1. The second-order valence-corrected chi connectivity index (χ2v) is 5.12. The van der Waals surface area contributed by atoms with Crippen molar-refractivity contribution in [3.8, 4) is 11.3 Å². The molecule has 3 N–H and O–H groups in total. The van der Waals surface area contributed by atoms with Gasteiger partial charge in [0, 0.05) is 10.6 Å². The van der Waals surface area contributed by atoms with Crippen LogP contribution >= 0.6 is 11.6 Å². The molecular weight excluding hydrogens is 260 g/mol. The Kier molecular flexibility index (Phi) is 2.95. The predicted octanol–water partition coefficient (Wildman–Crippen LogP) is 2.96. The lowest BCUT2D eigenvalue weighted by Crippen LogP contribution is -2.13. The summed E-state index contributed by atoms with van der Waals surface area (Å²) in [5.74, 6) is 0.559. The van der Waals surface area contributed by atoms with Crippen molar-refractivity contribution in [1.29, 1.82) is 5.41 Å². The maximum atomic E-state index is 7.40. The number of hydrogen-bond donors (Lipinski definition) is 2. The molecule has 1 aliphatic rings. The molecule has 5 heteroatoms. The smallest absolute Gasteiger partial charge is 0.141 e. The molecule has 0 radical (unpaired) electrons. The Morgan fingerprint density at radius 2 is 2.05 bits per heavy atom. The third kappa shape index (κ3) is 2.44. The SMILES string of the molecule is N=C(N)c1cc(-c2ccc(C3CC3)c(Cl)c2)ncn1. The van der Waals surface area contributed by atoms with Gasteiger partial charge in [-0.05, 0) is 36.5 Å². The Balaban J connectivity index is 1.99. The fraction of sp³-hybridized carbons (Fsp3) is 0.214. The molecular formula is C14H13ClN4. The molecule has 4 nitrogen and oxygen atoms in total. The van der Waals surface area contributed by atoms with E-state index in [1.54, 1.807) is 6.07 Å². The summed E-state index contributed by atoms with van der Waals surface area (Å²) in [6.45, 7) is 0. The van der Waals surface area contributed by atoms with E-state index in [0.717, 1.165) is 16.3 Å². The van der Waals surface area contributed by atoms with Crippen LogP contribution in [0.3, 0.4) is 0 Å². The molecule has 0 aliphatic heterocycles. The van der Waals surface area contributed by atoms with Crippen LogP contribution in [0, 0.1) is 5.41 Å². The van der Waals surface area contributed by atoms with Gasteiger partial charge in [-0.2, -0.15) is 0 Å². The van der Waals surface area contributed by atoms with Crippen LogP contribution in [-0.2, 0) is 0 Å². The van der Waals surface area contributed by atoms with Crippen LogP contribution in [0.5, 0.6) is 0 Å². The molecule has 1 fully saturated rings. The molecule has 1 aromatic carbocycles. The Morgan fingerprint density at radius 1 is 1.26 bits per heavy atom. The van der Waals surface area contributed by atoms with Crippen molar-refractivity contribution in [1.82, 2.24) is 9.97 Å². The molecule has 2 aromatic rings. The normalized spacial score (nSPS) is 14.4. The maximum Gasteiger partial charge on any atom is 0.141 e. The standard InChI is InChI=1S/C14H13ClN4/c15-11-5-9(3-4-10(11)8-1-2-8)12-6-13(14(16)17)19-7-18-12/h3-8H,1-2H2,(H3,16,17). The van der Waals surface area contributed by atoms with Crippen LogP contribution in [0.1, 0.15) is 30.0 Å². The number of hydrogen-bond acceptors (Lipinski definition) is 3. The number of aromatic nitrogens is 2. The zero-order valence-electron chi connectivity index (χ0n) is 10.2. The van der Waals surface area contributed by atoms with Crippen molar-refractivity contribution >= 4 is 17.4 Å². The molecule has 19 heavy (non-hydrogen) atoms. The van der Waals surface area contributed by atoms with E-state index < -0.39 is 0 Å². The van der Waals surface area contributed by atoms with Gasteiger partial charge in [-0.1, -0.05) is 23.7 Å². The Labute approximate surface area is 116 Å². The monoisotopic (exact) mass is 272 g/mol. The largest absolute Gasteiger partial charge is 0.382 e. The minimum absolute atomic E-state index is 0.0654. The summed E-state index contributed by atoms with van der Waals surface area (Å²) in [7, 11) is 0. The molecule has 96 valence electrons. The highest BCUT2D eigenvalue weighted by molar-refractivity contribution is 6.31. The maximum absolute atomic E-state index is 7.40. The summed E-state index contributed by atoms with van der Waals surface area (Å²) >= 11 is 6.31. The Hall–Kier alpha value is -1.94. The predicted molar refractivity (Wildman–Crippen MR) is 75.5 cm³/mol. The van der Waals surface area contributed by atoms with E-state index in [9.17, 15) is 0 Å². The summed E-state index contributed by atoms with van der Waals surface area (Å²) in [5, 5.41) is 8.18. The molecule has 1 aliphatic carbocycles. The molecule has 1 heterocycles. The van der Waals surface area contributed by atoms with Gasteiger partial charge in [0.15, 0.2) is 0 Å². The van der Waals surface area contributed by atoms with Gasteiger partial charge in [-0.3, -0.25) is 5.41 Å². The van der Waals surface area contributed by atoms with Gasteiger partial charge in [0.2, 0.25) is 0 Å². The van der Waals surface area contributed by atoms with Crippen molar-refractivity contribution in [2.75, 3.05) is 0 Å². The van der Waals surface area contributed by atoms with Crippen molar-refractivity contribution < 1.29 is 0 Å². The van der Waals surface area contributed by atoms with Crippen molar-refractivity contribution in [2.24, 2.45) is 5.73 Å². The number of amidine groups is 1. The summed E-state index contributed by atoms with van der Waals surface area (Å²) in [6.07, 6.45) is 3.86. The van der Waals surface area contributed by atoms with E-state index in [4.69, 9.17) is 22.7 Å². The summed E-state index contributed by atoms with van der Waals surface area (Å²) in [4.78, 5) is 8.15. The van der Waals surface area contributed by atoms with Gasteiger partial charge in [-0.15, -0.1) is 0 Å². The summed E-state index contributed by atoms with van der Waals surface area (Å²) in [6, 6.07) is 7.68. The van der Waals surface area contributed by atoms with Gasteiger partial charge in [0.1, 0.15) is 17.9 Å². The van der Waals surface area contributed by atoms with E-state index in [0.29, 0.717) is 11.6 Å². The van der Waals surface area contributed by atoms with Crippen LogP contribution in [-0.4, -0.2) is 15.8 Å². The van der Waals surface area contributed by atoms with Crippen molar-refractivity contribution in [3.63, 3.8) is 0 Å². The second kappa shape index (κ2) is 4.63. The second-order valence-electron chi connectivity index (χ2n) is 4.71. The van der Waals surface area contributed by atoms with E-state index in [1.165, 1.54) is 24.7 Å². The first kappa shape index (κ1) is 12.1. The highest BCUT2D eigenvalue weighted by Gasteiger charge is 2.25. The van der Waals surface area contributed by atoms with Crippen LogP contribution < -0.4 is 5.73 Å². The number of nitrogens with zero attached hydrogens (tertiary/aromatic N) is 2. The lowest BCUT2D eigenvalue weighted by atomic mass is 10.1. The van der Waals surface area contributed by atoms with Gasteiger partial charge < -0.3 is 5.73 Å². The van der Waals surface area contributed by atoms with Crippen molar-refractivity contribution in [3.05, 3.63) is 46.9 Å². The minimum atomic E-state index is -0.0654. The third-order valence-corrected chi connectivity index (χ3v) is 3.58. The number of nitrogens with two attached hydrogens (primary N) is 1. The van der Waals surface area contributed by atoms with Crippen LogP contribution in [0.25, 0.3) is 11.3 Å². The topological polar surface area (TPSA) is 75.7 Å². The van der Waals surface area contributed by atoms with Gasteiger partial charge >= 0.3 is 0 Å². The first-order valence-corrected chi connectivity index (χ1v) is 6.49. The molecule has 0 saturated heterocycles. The van der Waals surface area contributed by atoms with E-state index >= 15 is 0 Å². The molecule has 1 aromatic heterocycles. The highest BCUT2D eigenvalue weighted by atomic mass is 35.5. The van der Waals surface area contributed by atoms with E-state index in [1.807, 2.05) is 12.1 Å². The molecule has 0 amide bonds. The van der Waals surface area contributed by atoms with Crippen LogP contribution in [0.4, 0.5) is 0 Å². The fourth-order valence-corrected chi connectivity index (χ4v) is 2.41. The zero-order valence-corrected chi connectivity index (χ0v) is 11.0. The average Bonchev–Trinajstić information content (AvgIpc) is 3.23. The fourth-order valence-electron chi connectivity index (χ4n) is 2.07. The molecule has 1 saturated carbocycles. The van der Waals surface area contributed by atoms with Crippen molar-refractivity contribution in [2.45, 2.75) is 18.8 Å². The Morgan fingerprint density at radius 3 is 2.68 bits per heavy atom. The number of benzene rings is 1. The van der Waals surface area contributed by atoms with Gasteiger partial charge in [-0.25, -0.2) is 9.97 Å². The average molecular weight is 273 g/mol. The van der Waals surface area contributed by atoms with Gasteiger partial charge in [0.25, 0.3) is 0 Å². The minimum Gasteiger partial charge on any atom is -0.382 e. The first-order chi connectivity index (χ1) is 9.15. The number of rotatable bonds is 3. The molecule has 3 rings (SSSR count). The number of halogens is 1. The number of nitrogens with one attached hydrogen (secondary N) is 1. The third-order valence-electron chi connectivity index (χ3n) is 3.26. The molecule has 0 spiro atoms. The summed E-state index contributed by atoms with van der Waals surface area (Å²) < 4.78 is 0. The van der Waals surface area contributed by atoms with Crippen LogP contribution in [0.15, 0.2) is 30.6 Å². The quantitative estimate of drug-likeness (QED) is 0.666. The molecule has 0 unspecified atom stereocenters. The molecule has 0 bridgehead atoms. The summed E-state index contributed by atoms with van der Waals surface area (Å²) in [5.41, 5.74) is 8.71.